The second-order valence-corrected chi connectivity index (χ2v) is 11.9. The van der Waals surface area contributed by atoms with Crippen molar-refractivity contribution in [3.63, 3.8) is 0 Å². The Labute approximate surface area is 237 Å². The molecule has 0 radical (unpaired) electrons. The van der Waals surface area contributed by atoms with E-state index < -0.39 is 5.97 Å². The van der Waals surface area contributed by atoms with Gasteiger partial charge in [0.2, 0.25) is 0 Å². The summed E-state index contributed by atoms with van der Waals surface area (Å²) in [7, 11) is 0. The van der Waals surface area contributed by atoms with Gasteiger partial charge in [-0.1, -0.05) is 110 Å². The van der Waals surface area contributed by atoms with Crippen LogP contribution < -0.4 is 10.9 Å². The maximum Gasteiger partial charge on any atom is 0.337 e. The van der Waals surface area contributed by atoms with E-state index >= 15 is 0 Å². The van der Waals surface area contributed by atoms with Crippen molar-refractivity contribution in [1.29, 1.82) is 0 Å². The predicted octanol–water partition coefficient (Wildman–Crippen LogP) is 9.10. The largest absolute Gasteiger partial charge is 0.478 e. The molecule has 1 aliphatic carbocycles. The first kappa shape index (κ1) is 32.7. The van der Waals surface area contributed by atoms with Gasteiger partial charge in [-0.3, -0.25) is 4.79 Å². The van der Waals surface area contributed by atoms with E-state index in [0.29, 0.717) is 29.4 Å². The lowest BCUT2D eigenvalue weighted by Crippen LogP contribution is -2.38. The predicted molar refractivity (Wildman–Crippen MR) is 165 cm³/mol. The topological polar surface area (TPSA) is 82.2 Å². The molecule has 218 valence electrons. The van der Waals surface area contributed by atoms with Gasteiger partial charge in [0.15, 0.2) is 0 Å². The van der Waals surface area contributed by atoms with Gasteiger partial charge in [0, 0.05) is 23.5 Å². The minimum atomic E-state index is -0.863. The highest BCUT2D eigenvalue weighted by Gasteiger charge is 2.31. The van der Waals surface area contributed by atoms with Crippen molar-refractivity contribution in [3.05, 3.63) is 64.1 Å². The van der Waals surface area contributed by atoms with Gasteiger partial charge in [0.05, 0.1) is 5.56 Å². The maximum absolute atomic E-state index is 11.5. The molecule has 0 bridgehead atoms. The van der Waals surface area contributed by atoms with Crippen LogP contribution in [0.15, 0.2) is 47.4 Å². The quantitative estimate of drug-likeness (QED) is 0.197. The Hall–Kier alpha value is -2.56. The second kappa shape index (κ2) is 18.7. The van der Waals surface area contributed by atoms with Gasteiger partial charge in [0.1, 0.15) is 0 Å². The Balaban J connectivity index is 0.000000274. The number of carbonyl (C=O) groups is 1. The summed E-state index contributed by atoms with van der Waals surface area (Å²) < 4.78 is 0. The van der Waals surface area contributed by atoms with E-state index in [1.54, 1.807) is 18.3 Å². The number of unbranched alkanes of at least 4 members (excludes halogenated alkanes) is 9. The van der Waals surface area contributed by atoms with Crippen LogP contribution in [0.2, 0.25) is 0 Å². The van der Waals surface area contributed by atoms with Crippen LogP contribution in [-0.4, -0.2) is 22.1 Å². The molecule has 5 nitrogen and oxygen atoms in total. The summed E-state index contributed by atoms with van der Waals surface area (Å²) in [6, 6.07) is 11.4. The highest BCUT2D eigenvalue weighted by molar-refractivity contribution is 5.94. The number of rotatable bonds is 15. The molecule has 0 aliphatic heterocycles. The molecule has 0 saturated heterocycles. The Kier molecular flexibility index (Phi) is 15.6. The monoisotopic (exact) mass is 538 g/mol. The Morgan fingerprint density at radius 3 is 2.21 bits per heavy atom. The van der Waals surface area contributed by atoms with Crippen LogP contribution in [0.4, 0.5) is 5.69 Å². The van der Waals surface area contributed by atoms with Gasteiger partial charge in [-0.2, -0.15) is 0 Å². The molecule has 3 rings (SSSR count). The fourth-order valence-corrected chi connectivity index (χ4v) is 5.82. The zero-order chi connectivity index (χ0) is 28.5. The molecule has 3 atom stereocenters. The van der Waals surface area contributed by atoms with Crippen molar-refractivity contribution in [2.45, 2.75) is 124 Å². The summed E-state index contributed by atoms with van der Waals surface area (Å²) in [5.41, 5.74) is 2.14. The molecule has 1 fully saturated rings. The van der Waals surface area contributed by atoms with Crippen LogP contribution in [-0.2, 0) is 6.42 Å². The van der Waals surface area contributed by atoms with Crippen molar-refractivity contribution in [2.75, 3.05) is 5.32 Å². The van der Waals surface area contributed by atoms with E-state index in [0.717, 1.165) is 30.5 Å². The van der Waals surface area contributed by atoms with Gasteiger partial charge in [-0.25, -0.2) is 4.79 Å². The number of aromatic nitrogens is 1. The first-order valence-corrected chi connectivity index (χ1v) is 15.6. The molecule has 1 aromatic carbocycles. The van der Waals surface area contributed by atoms with Crippen molar-refractivity contribution in [1.82, 2.24) is 4.98 Å². The minimum absolute atomic E-state index is 0.0819. The second-order valence-electron chi connectivity index (χ2n) is 11.9. The average Bonchev–Trinajstić information content (AvgIpc) is 2.91. The van der Waals surface area contributed by atoms with Crippen molar-refractivity contribution in [3.8, 4) is 0 Å². The third-order valence-corrected chi connectivity index (χ3v) is 8.22. The highest BCUT2D eigenvalue weighted by Crippen LogP contribution is 2.35. The average molecular weight is 539 g/mol. The number of carboxylic acid groups (broad SMARTS) is 1. The molecule has 2 aromatic rings. The highest BCUT2D eigenvalue weighted by atomic mass is 16.4. The fraction of sp³-hybridized carbons (Fsp3) is 0.647. The molecule has 1 heterocycles. The summed E-state index contributed by atoms with van der Waals surface area (Å²) in [6.07, 6.45) is 19.7. The van der Waals surface area contributed by atoms with E-state index in [1.165, 1.54) is 70.6 Å². The molecule has 0 spiro atoms. The Morgan fingerprint density at radius 1 is 0.949 bits per heavy atom. The van der Waals surface area contributed by atoms with Crippen LogP contribution >= 0.6 is 0 Å². The van der Waals surface area contributed by atoms with Crippen LogP contribution in [0.1, 0.15) is 127 Å². The van der Waals surface area contributed by atoms with E-state index in [2.05, 4.69) is 38.0 Å². The molecule has 5 heteroatoms. The van der Waals surface area contributed by atoms with Crippen molar-refractivity contribution >= 4 is 11.7 Å². The number of nitrogens with one attached hydrogen (secondary N) is 2. The number of pyridine rings is 1. The third-order valence-electron chi connectivity index (χ3n) is 8.22. The molecule has 39 heavy (non-hydrogen) atoms. The van der Waals surface area contributed by atoms with Gasteiger partial charge < -0.3 is 15.4 Å². The van der Waals surface area contributed by atoms with Crippen LogP contribution in [0.25, 0.3) is 0 Å². The summed E-state index contributed by atoms with van der Waals surface area (Å²) >= 11 is 0. The number of aryl methyl sites for hydroxylation is 1. The molecular formula is C34H54N2O3. The molecule has 1 aliphatic rings. The number of aromatic carboxylic acids is 1. The molecule has 3 N–H and O–H groups in total. The number of aromatic amines is 1. The van der Waals surface area contributed by atoms with Crippen LogP contribution in [0, 0.1) is 17.8 Å². The first-order valence-electron chi connectivity index (χ1n) is 15.6. The van der Waals surface area contributed by atoms with E-state index in [-0.39, 0.29) is 5.56 Å². The number of benzene rings is 1. The Bertz CT molecular complexity index is 1000. The summed E-state index contributed by atoms with van der Waals surface area (Å²) in [4.78, 5) is 25.5. The smallest absolute Gasteiger partial charge is 0.337 e. The SMILES string of the molecule is CC1CCC(C(C)C)C(Nc2ccccc2C(=O)O)C1.CCCCCCCCCCCCc1ccc[nH]c1=O. The van der Waals surface area contributed by atoms with Crippen molar-refractivity contribution < 1.29 is 9.90 Å². The minimum Gasteiger partial charge on any atom is -0.478 e. The van der Waals surface area contributed by atoms with Gasteiger partial charge in [-0.05, 0) is 61.6 Å². The summed E-state index contributed by atoms with van der Waals surface area (Å²) in [5.74, 6) is 1.09. The number of hydrogen-bond donors (Lipinski definition) is 3. The standard InChI is InChI=1S/C17H25NO2.C17H29NO/c1-11(2)13-9-8-12(3)10-16(13)18-15-7-5-4-6-14(15)17(19)20;1-2-3-4-5-6-7-8-9-10-11-13-16-14-12-15-18-17(16)19/h4-7,11-13,16,18H,8-10H2,1-3H3,(H,19,20);12,14-15H,2-11,13H2,1H3,(H,18,19). The molecule has 1 saturated carbocycles. The molecular weight excluding hydrogens is 484 g/mol. The van der Waals surface area contributed by atoms with Crippen molar-refractivity contribution in [2.24, 2.45) is 17.8 Å². The Morgan fingerprint density at radius 2 is 1.59 bits per heavy atom. The number of hydrogen-bond acceptors (Lipinski definition) is 3. The lowest BCUT2D eigenvalue weighted by molar-refractivity contribution is 0.0697. The fourth-order valence-electron chi connectivity index (χ4n) is 5.82. The lowest BCUT2D eigenvalue weighted by atomic mass is 9.74. The van der Waals surface area contributed by atoms with Crippen LogP contribution in [0.3, 0.4) is 0 Å². The molecule has 1 aromatic heterocycles. The zero-order valence-corrected chi connectivity index (χ0v) is 25.0. The van der Waals surface area contributed by atoms with Gasteiger partial charge >= 0.3 is 5.97 Å². The number of H-pyrrole nitrogens is 1. The van der Waals surface area contributed by atoms with E-state index in [1.807, 2.05) is 24.3 Å². The zero-order valence-electron chi connectivity index (χ0n) is 25.0. The summed E-state index contributed by atoms with van der Waals surface area (Å²) in [6.45, 7) is 9.07. The number of para-hydroxylation sites is 1. The van der Waals surface area contributed by atoms with Gasteiger partial charge in [0.25, 0.3) is 5.56 Å². The third kappa shape index (κ3) is 12.4. The lowest BCUT2D eigenvalue weighted by Gasteiger charge is -2.38. The number of carboxylic acids is 1. The first-order chi connectivity index (χ1) is 18.8. The van der Waals surface area contributed by atoms with Crippen LogP contribution in [0.5, 0.6) is 0 Å². The van der Waals surface area contributed by atoms with E-state index in [4.69, 9.17) is 0 Å². The number of anilines is 1. The van der Waals surface area contributed by atoms with Gasteiger partial charge in [-0.15, -0.1) is 0 Å². The molecule has 0 amide bonds. The van der Waals surface area contributed by atoms with E-state index in [9.17, 15) is 14.7 Å². The normalized spacial score (nSPS) is 18.8. The summed E-state index contributed by atoms with van der Waals surface area (Å²) in [5, 5.41) is 12.8. The maximum atomic E-state index is 11.5. The molecule has 3 unspecified atom stereocenters.